The molecular formula is C17H26FNO. The third-order valence-corrected chi connectivity index (χ3v) is 4.52. The lowest BCUT2D eigenvalue weighted by atomic mass is 9.85. The maximum atomic E-state index is 14.1. The minimum Gasteiger partial charge on any atom is -0.490 e. The minimum absolute atomic E-state index is 0.0159. The molecule has 1 aromatic carbocycles. The van der Waals surface area contributed by atoms with Crippen LogP contribution in [-0.2, 0) is 0 Å². The van der Waals surface area contributed by atoms with Gasteiger partial charge in [0.05, 0.1) is 0 Å². The lowest BCUT2D eigenvalue weighted by molar-refractivity contribution is 0.0900. The Morgan fingerprint density at radius 1 is 1.35 bits per heavy atom. The van der Waals surface area contributed by atoms with E-state index < -0.39 is 0 Å². The van der Waals surface area contributed by atoms with Gasteiger partial charge in [-0.15, -0.1) is 0 Å². The van der Waals surface area contributed by atoms with Crippen molar-refractivity contribution < 1.29 is 9.13 Å². The molecule has 1 N–H and O–H groups in total. The smallest absolute Gasteiger partial charge is 0.131 e. The second-order valence-electron chi connectivity index (χ2n) is 5.80. The van der Waals surface area contributed by atoms with E-state index in [2.05, 4.69) is 12.2 Å². The van der Waals surface area contributed by atoms with Crippen LogP contribution in [0.1, 0.15) is 57.6 Å². The maximum absolute atomic E-state index is 14.1. The summed E-state index contributed by atoms with van der Waals surface area (Å²) in [5.41, 5.74) is 0.690. The molecule has 2 nitrogen and oxygen atoms in total. The number of rotatable bonds is 5. The molecule has 0 saturated heterocycles. The summed E-state index contributed by atoms with van der Waals surface area (Å²) in [5.74, 6) is 1.09. The van der Waals surface area contributed by atoms with Gasteiger partial charge in [-0.1, -0.05) is 19.4 Å². The lowest BCUT2D eigenvalue weighted by Crippen LogP contribution is -2.30. The predicted molar refractivity (Wildman–Crippen MR) is 80.5 cm³/mol. The van der Waals surface area contributed by atoms with Crippen molar-refractivity contribution in [3.63, 3.8) is 0 Å². The van der Waals surface area contributed by atoms with Crippen molar-refractivity contribution in [1.82, 2.24) is 5.32 Å². The lowest BCUT2D eigenvalue weighted by Gasteiger charge is -2.31. The van der Waals surface area contributed by atoms with E-state index in [-0.39, 0.29) is 18.0 Å². The largest absolute Gasteiger partial charge is 0.490 e. The Balaban J connectivity index is 2.07. The Kier molecular flexibility index (Phi) is 5.41. The number of nitrogens with one attached hydrogen (secondary N) is 1. The molecule has 1 saturated carbocycles. The Labute approximate surface area is 121 Å². The van der Waals surface area contributed by atoms with Gasteiger partial charge >= 0.3 is 0 Å². The van der Waals surface area contributed by atoms with Crippen LogP contribution in [0.2, 0.25) is 0 Å². The summed E-state index contributed by atoms with van der Waals surface area (Å²) in [6.07, 6.45) is 6.24. The second-order valence-corrected chi connectivity index (χ2v) is 5.80. The minimum atomic E-state index is -0.187. The first-order valence-electron chi connectivity index (χ1n) is 7.79. The fourth-order valence-corrected chi connectivity index (χ4v) is 3.06. The van der Waals surface area contributed by atoms with Gasteiger partial charge in [-0.25, -0.2) is 4.39 Å². The fraction of sp³-hybridized carbons (Fsp3) is 0.647. The molecule has 3 unspecified atom stereocenters. The summed E-state index contributed by atoms with van der Waals surface area (Å²) < 4.78 is 20.1. The van der Waals surface area contributed by atoms with E-state index >= 15 is 0 Å². The molecule has 0 radical (unpaired) electrons. The first-order chi connectivity index (χ1) is 9.65. The number of ether oxygens (including phenoxy) is 1. The van der Waals surface area contributed by atoms with Crippen molar-refractivity contribution >= 4 is 0 Å². The Morgan fingerprint density at radius 2 is 2.10 bits per heavy atom. The molecule has 20 heavy (non-hydrogen) atoms. The SMILES string of the molecule is CCC1CCCCC1Oc1ccc(C(C)NC)c(F)c1. The summed E-state index contributed by atoms with van der Waals surface area (Å²) in [5, 5.41) is 3.06. The summed E-state index contributed by atoms with van der Waals surface area (Å²) in [6, 6.07) is 5.27. The molecule has 1 aliphatic rings. The van der Waals surface area contributed by atoms with Gasteiger partial charge in [-0.2, -0.15) is 0 Å². The highest BCUT2D eigenvalue weighted by Crippen LogP contribution is 2.31. The highest BCUT2D eigenvalue weighted by atomic mass is 19.1. The van der Waals surface area contributed by atoms with Crippen LogP contribution in [0.3, 0.4) is 0 Å². The van der Waals surface area contributed by atoms with Crippen LogP contribution in [-0.4, -0.2) is 13.2 Å². The molecule has 0 amide bonds. The van der Waals surface area contributed by atoms with Crippen molar-refractivity contribution in [2.24, 2.45) is 5.92 Å². The molecule has 0 bridgehead atoms. The summed E-state index contributed by atoms with van der Waals surface area (Å²) in [4.78, 5) is 0. The first-order valence-corrected chi connectivity index (χ1v) is 7.79. The van der Waals surface area contributed by atoms with Crippen molar-refractivity contribution in [3.05, 3.63) is 29.6 Å². The molecule has 0 spiro atoms. The summed E-state index contributed by atoms with van der Waals surface area (Å²) in [7, 11) is 1.84. The van der Waals surface area contributed by atoms with Crippen molar-refractivity contribution in [2.45, 2.75) is 58.1 Å². The van der Waals surface area contributed by atoms with Gasteiger partial charge < -0.3 is 10.1 Å². The first kappa shape index (κ1) is 15.3. The molecule has 2 rings (SSSR count). The van der Waals surface area contributed by atoms with E-state index in [1.807, 2.05) is 26.1 Å². The van der Waals surface area contributed by atoms with Gasteiger partial charge in [-0.3, -0.25) is 0 Å². The van der Waals surface area contributed by atoms with Crippen molar-refractivity contribution in [1.29, 1.82) is 0 Å². The standard InChI is InChI=1S/C17H26FNO/c1-4-13-7-5-6-8-17(13)20-14-9-10-15(12(2)19-3)16(18)11-14/h9-13,17,19H,4-8H2,1-3H3. The number of halogens is 1. The molecule has 3 atom stereocenters. The third-order valence-electron chi connectivity index (χ3n) is 4.52. The number of hydrogen-bond acceptors (Lipinski definition) is 2. The number of benzene rings is 1. The normalized spacial score (nSPS) is 24.4. The van der Waals surface area contributed by atoms with Gasteiger partial charge in [0.25, 0.3) is 0 Å². The monoisotopic (exact) mass is 279 g/mol. The second kappa shape index (κ2) is 7.07. The number of hydrogen-bond donors (Lipinski definition) is 1. The van der Waals surface area contributed by atoms with Crippen molar-refractivity contribution in [3.8, 4) is 5.75 Å². The van der Waals surface area contributed by atoms with Crippen LogP contribution in [0.15, 0.2) is 18.2 Å². The van der Waals surface area contributed by atoms with Gasteiger partial charge in [0.2, 0.25) is 0 Å². The molecular weight excluding hydrogens is 253 g/mol. The fourth-order valence-electron chi connectivity index (χ4n) is 3.06. The van der Waals surface area contributed by atoms with E-state index in [1.165, 1.54) is 25.3 Å². The van der Waals surface area contributed by atoms with Crippen LogP contribution >= 0.6 is 0 Å². The molecule has 1 fully saturated rings. The van der Waals surface area contributed by atoms with E-state index in [0.29, 0.717) is 17.2 Å². The average Bonchev–Trinajstić information content (AvgIpc) is 2.47. The molecule has 1 aliphatic carbocycles. The molecule has 1 aromatic rings. The molecule has 0 heterocycles. The molecule has 0 aliphatic heterocycles. The Bertz CT molecular complexity index is 435. The Morgan fingerprint density at radius 3 is 2.75 bits per heavy atom. The topological polar surface area (TPSA) is 21.3 Å². The zero-order chi connectivity index (χ0) is 14.5. The highest BCUT2D eigenvalue weighted by Gasteiger charge is 2.25. The van der Waals surface area contributed by atoms with Gasteiger partial charge in [0, 0.05) is 17.7 Å². The van der Waals surface area contributed by atoms with Gasteiger partial charge in [-0.05, 0) is 51.6 Å². The summed E-state index contributed by atoms with van der Waals surface area (Å²) >= 11 is 0. The average molecular weight is 279 g/mol. The zero-order valence-electron chi connectivity index (χ0n) is 12.8. The van der Waals surface area contributed by atoms with Gasteiger partial charge in [0.15, 0.2) is 0 Å². The van der Waals surface area contributed by atoms with E-state index in [0.717, 1.165) is 12.8 Å². The van der Waals surface area contributed by atoms with Crippen LogP contribution in [0.25, 0.3) is 0 Å². The zero-order valence-corrected chi connectivity index (χ0v) is 12.8. The van der Waals surface area contributed by atoms with Crippen LogP contribution in [0.4, 0.5) is 4.39 Å². The summed E-state index contributed by atoms with van der Waals surface area (Å²) in [6.45, 7) is 4.16. The van der Waals surface area contributed by atoms with Crippen LogP contribution in [0.5, 0.6) is 5.75 Å². The van der Waals surface area contributed by atoms with E-state index in [9.17, 15) is 4.39 Å². The van der Waals surface area contributed by atoms with E-state index in [1.54, 1.807) is 0 Å². The van der Waals surface area contributed by atoms with E-state index in [4.69, 9.17) is 4.74 Å². The highest BCUT2D eigenvalue weighted by molar-refractivity contribution is 5.30. The Hall–Kier alpha value is -1.09. The van der Waals surface area contributed by atoms with Crippen LogP contribution in [0, 0.1) is 11.7 Å². The van der Waals surface area contributed by atoms with Crippen molar-refractivity contribution in [2.75, 3.05) is 7.05 Å². The third kappa shape index (κ3) is 3.51. The molecule has 3 heteroatoms. The van der Waals surface area contributed by atoms with Crippen LogP contribution < -0.4 is 10.1 Å². The quantitative estimate of drug-likeness (QED) is 0.859. The van der Waals surface area contributed by atoms with Gasteiger partial charge in [0.1, 0.15) is 17.7 Å². The molecule has 112 valence electrons. The maximum Gasteiger partial charge on any atom is 0.131 e. The predicted octanol–water partition coefficient (Wildman–Crippen LogP) is 4.45. The molecule has 0 aromatic heterocycles.